The molecule has 1 aromatic carbocycles. The fraction of sp³-hybridized carbons (Fsp3) is 0.0667. The number of aliphatic hydroxyl groups is 1. The van der Waals surface area contributed by atoms with Crippen LogP contribution in [0.3, 0.4) is 0 Å². The molecular weight excluding hydrogens is 274 g/mol. The third kappa shape index (κ3) is 3.50. The van der Waals surface area contributed by atoms with Crippen molar-refractivity contribution in [1.82, 2.24) is 0 Å². The largest absolute Gasteiger partial charge is 0.507 e. The molecule has 0 bridgehead atoms. The van der Waals surface area contributed by atoms with Gasteiger partial charge in [0, 0.05) is 23.7 Å². The van der Waals surface area contributed by atoms with Crippen molar-refractivity contribution in [3.8, 4) is 0 Å². The maximum atomic E-state index is 11.1. The monoisotopic (exact) mass is 287 g/mol. The van der Waals surface area contributed by atoms with Crippen LogP contribution in [0.5, 0.6) is 0 Å². The number of carbonyl (C=O) groups is 2. The summed E-state index contributed by atoms with van der Waals surface area (Å²) in [6, 6.07) is 7.15. The minimum atomic E-state index is -1.63. The Hall–Kier alpha value is -3.02. The van der Waals surface area contributed by atoms with Gasteiger partial charge < -0.3 is 20.4 Å². The van der Waals surface area contributed by atoms with Gasteiger partial charge in [0.15, 0.2) is 0 Å². The Kier molecular flexibility index (Phi) is 4.08. The summed E-state index contributed by atoms with van der Waals surface area (Å²) in [6.45, 7) is 0. The molecule has 0 aliphatic carbocycles. The third-order valence-electron chi connectivity index (χ3n) is 2.87. The number of hydrogen-bond acceptors (Lipinski definition) is 5. The zero-order valence-corrected chi connectivity index (χ0v) is 10.9. The summed E-state index contributed by atoms with van der Waals surface area (Å²) in [5, 5.41) is 18.3. The van der Waals surface area contributed by atoms with Crippen LogP contribution < -0.4 is 5.73 Å². The summed E-state index contributed by atoms with van der Waals surface area (Å²) in [7, 11) is 0. The van der Waals surface area contributed by atoms with Crippen LogP contribution in [0.4, 0.5) is 5.69 Å². The van der Waals surface area contributed by atoms with Crippen molar-refractivity contribution in [2.75, 3.05) is 5.73 Å². The van der Waals surface area contributed by atoms with Crippen LogP contribution >= 0.6 is 0 Å². The second kappa shape index (κ2) is 5.96. The van der Waals surface area contributed by atoms with Gasteiger partial charge in [-0.05, 0) is 17.7 Å². The maximum Gasteiger partial charge on any atom is 0.376 e. The number of ketones is 1. The fourth-order valence-corrected chi connectivity index (χ4v) is 1.80. The highest BCUT2D eigenvalue weighted by Crippen LogP contribution is 2.22. The van der Waals surface area contributed by atoms with E-state index in [0.29, 0.717) is 23.7 Å². The summed E-state index contributed by atoms with van der Waals surface area (Å²) in [5.74, 6) is -3.28. The first kappa shape index (κ1) is 14.4. The number of carboxylic acids is 1. The van der Waals surface area contributed by atoms with Crippen molar-refractivity contribution in [2.45, 2.75) is 6.42 Å². The molecule has 108 valence electrons. The fourth-order valence-electron chi connectivity index (χ4n) is 1.80. The summed E-state index contributed by atoms with van der Waals surface area (Å²) in [6.07, 6.45) is 3.79. The lowest BCUT2D eigenvalue weighted by molar-refractivity contribution is -0.146. The number of rotatable bonds is 5. The topological polar surface area (TPSA) is 114 Å². The molecule has 1 heterocycles. The predicted molar refractivity (Wildman–Crippen MR) is 75.6 cm³/mol. The Morgan fingerprint density at radius 1 is 1.14 bits per heavy atom. The summed E-state index contributed by atoms with van der Waals surface area (Å²) in [5.41, 5.74) is 8.09. The molecular formula is C15H13NO5. The van der Waals surface area contributed by atoms with E-state index in [-0.39, 0.29) is 5.56 Å². The Morgan fingerprint density at radius 2 is 1.81 bits per heavy atom. The Labute approximate surface area is 120 Å². The molecule has 2 aromatic rings. The van der Waals surface area contributed by atoms with Gasteiger partial charge >= 0.3 is 5.97 Å². The predicted octanol–water partition coefficient (Wildman–Crippen LogP) is 2.01. The van der Waals surface area contributed by atoms with Crippen molar-refractivity contribution >= 4 is 23.2 Å². The minimum Gasteiger partial charge on any atom is -0.507 e. The van der Waals surface area contributed by atoms with Crippen LogP contribution in [0.15, 0.2) is 47.3 Å². The summed E-state index contributed by atoms with van der Waals surface area (Å²) < 4.78 is 5.02. The lowest BCUT2D eigenvalue weighted by atomic mass is 10.0. The minimum absolute atomic E-state index is 0.279. The third-order valence-corrected chi connectivity index (χ3v) is 2.87. The normalized spacial score (nSPS) is 11.3. The molecule has 0 aliphatic heterocycles. The molecule has 0 spiro atoms. The molecule has 0 saturated heterocycles. The van der Waals surface area contributed by atoms with Gasteiger partial charge in [0.2, 0.25) is 0 Å². The van der Waals surface area contributed by atoms with E-state index in [1.54, 1.807) is 12.1 Å². The van der Waals surface area contributed by atoms with Gasteiger partial charge in [-0.25, -0.2) is 4.79 Å². The van der Waals surface area contributed by atoms with E-state index in [9.17, 15) is 14.7 Å². The average molecular weight is 287 g/mol. The van der Waals surface area contributed by atoms with E-state index < -0.39 is 17.5 Å². The first-order valence-electron chi connectivity index (χ1n) is 6.05. The summed E-state index contributed by atoms with van der Waals surface area (Å²) in [4.78, 5) is 21.5. The Balaban J connectivity index is 2.24. The molecule has 0 atom stereocenters. The van der Waals surface area contributed by atoms with Crippen molar-refractivity contribution in [1.29, 1.82) is 0 Å². The molecule has 0 saturated carbocycles. The van der Waals surface area contributed by atoms with E-state index in [1.807, 2.05) is 12.1 Å². The van der Waals surface area contributed by atoms with Crippen LogP contribution in [0.2, 0.25) is 0 Å². The van der Waals surface area contributed by atoms with Crippen LogP contribution in [-0.2, 0) is 16.0 Å². The lowest BCUT2D eigenvalue weighted by Crippen LogP contribution is -2.09. The molecule has 0 unspecified atom stereocenters. The van der Waals surface area contributed by atoms with Crippen molar-refractivity contribution in [3.63, 3.8) is 0 Å². The first-order chi connectivity index (χ1) is 9.97. The number of nitrogen functional groups attached to an aromatic ring is 1. The molecule has 0 radical (unpaired) electrons. The number of carboxylic acid groups (broad SMARTS) is 1. The van der Waals surface area contributed by atoms with Crippen molar-refractivity contribution in [2.24, 2.45) is 0 Å². The number of nitrogens with two attached hydrogens (primary N) is 1. The van der Waals surface area contributed by atoms with Crippen LogP contribution in [0, 0.1) is 0 Å². The highest BCUT2D eigenvalue weighted by atomic mass is 16.4. The number of hydrogen-bond donors (Lipinski definition) is 3. The zero-order chi connectivity index (χ0) is 15.4. The second-order valence-corrected chi connectivity index (χ2v) is 4.43. The quantitative estimate of drug-likeness (QED) is 0.335. The van der Waals surface area contributed by atoms with Crippen molar-refractivity contribution < 1.29 is 24.2 Å². The van der Waals surface area contributed by atoms with Crippen LogP contribution in [0.1, 0.15) is 16.7 Å². The molecule has 1 aromatic heterocycles. The van der Waals surface area contributed by atoms with Gasteiger partial charge in [0.1, 0.15) is 12.0 Å². The first-order valence-corrected chi connectivity index (χ1v) is 6.05. The highest BCUT2D eigenvalue weighted by Gasteiger charge is 2.15. The maximum absolute atomic E-state index is 11.1. The molecule has 0 fully saturated rings. The number of furan rings is 1. The van der Waals surface area contributed by atoms with Gasteiger partial charge in [-0.3, -0.25) is 4.79 Å². The van der Waals surface area contributed by atoms with E-state index >= 15 is 0 Å². The van der Waals surface area contributed by atoms with Crippen molar-refractivity contribution in [3.05, 3.63) is 59.6 Å². The number of anilines is 1. The lowest BCUT2D eigenvalue weighted by Gasteiger charge is -2.03. The molecule has 0 amide bonds. The van der Waals surface area contributed by atoms with Gasteiger partial charge in [0.25, 0.3) is 5.78 Å². The van der Waals surface area contributed by atoms with Crippen LogP contribution in [0.25, 0.3) is 5.76 Å². The number of benzene rings is 1. The molecule has 0 aliphatic rings. The number of aliphatic carboxylic acids is 1. The van der Waals surface area contributed by atoms with E-state index in [1.165, 1.54) is 12.5 Å². The Morgan fingerprint density at radius 3 is 2.43 bits per heavy atom. The standard InChI is InChI=1S/C15H13NO5/c16-11-3-1-9(2-4-11)5-10-7-21-8-12(10)13(17)6-14(18)15(19)20/h1-4,6-8,17H,5,16H2,(H,19,20). The molecule has 21 heavy (non-hydrogen) atoms. The van der Waals surface area contributed by atoms with E-state index in [4.69, 9.17) is 15.3 Å². The Bertz CT molecular complexity index is 697. The van der Waals surface area contributed by atoms with Gasteiger partial charge in [-0.1, -0.05) is 12.1 Å². The number of carbonyl (C=O) groups excluding carboxylic acids is 1. The highest BCUT2D eigenvalue weighted by molar-refractivity contribution is 6.38. The molecule has 4 N–H and O–H groups in total. The SMILES string of the molecule is Nc1ccc(Cc2cocc2C(O)=CC(=O)C(=O)O)cc1. The zero-order valence-electron chi connectivity index (χ0n) is 10.9. The van der Waals surface area contributed by atoms with Gasteiger partial charge in [0.05, 0.1) is 11.8 Å². The van der Waals surface area contributed by atoms with E-state index in [2.05, 4.69) is 0 Å². The van der Waals surface area contributed by atoms with E-state index in [0.717, 1.165) is 5.56 Å². The smallest absolute Gasteiger partial charge is 0.376 e. The summed E-state index contributed by atoms with van der Waals surface area (Å²) >= 11 is 0. The molecule has 2 rings (SSSR count). The van der Waals surface area contributed by atoms with Gasteiger partial charge in [-0.2, -0.15) is 0 Å². The molecule has 6 nitrogen and oxygen atoms in total. The number of aliphatic hydroxyl groups excluding tert-OH is 1. The second-order valence-electron chi connectivity index (χ2n) is 4.43. The van der Waals surface area contributed by atoms with Crippen LogP contribution in [-0.4, -0.2) is 22.0 Å². The molecule has 6 heteroatoms. The average Bonchev–Trinajstić information content (AvgIpc) is 2.89. The van der Waals surface area contributed by atoms with Gasteiger partial charge in [-0.15, -0.1) is 0 Å².